The second kappa shape index (κ2) is 5.72. The number of hydrogen-bond donors (Lipinski definition) is 3. The Bertz CT molecular complexity index is 399. The summed E-state index contributed by atoms with van der Waals surface area (Å²) in [6, 6.07) is 6.50. The van der Waals surface area contributed by atoms with Crippen molar-refractivity contribution >= 4 is 5.69 Å². The number of para-hydroxylation sites is 1. The van der Waals surface area contributed by atoms with Crippen LogP contribution in [0, 0.1) is 0 Å². The summed E-state index contributed by atoms with van der Waals surface area (Å²) >= 11 is 0. The van der Waals surface area contributed by atoms with Gasteiger partial charge in [0.25, 0.3) is 0 Å². The Morgan fingerprint density at radius 1 is 1.44 bits per heavy atom. The number of hydrogen-bond acceptors (Lipinski definition) is 3. The molecule has 0 aromatic heterocycles. The Hall–Kier alpha value is -1.06. The highest BCUT2D eigenvalue weighted by Crippen LogP contribution is 2.26. The summed E-state index contributed by atoms with van der Waals surface area (Å²) in [6.45, 7) is 6.21. The molecular formula is C15H24N2O. The molecule has 0 saturated heterocycles. The fraction of sp³-hybridized carbons (Fsp3) is 0.600. The van der Waals surface area contributed by atoms with E-state index in [0.717, 1.165) is 19.5 Å². The summed E-state index contributed by atoms with van der Waals surface area (Å²) in [5.74, 6) is 0. The first kappa shape index (κ1) is 13.4. The molecule has 3 N–H and O–H groups in total. The molecule has 0 bridgehead atoms. The molecule has 2 rings (SSSR count). The van der Waals surface area contributed by atoms with Crippen LogP contribution in [0.5, 0.6) is 0 Å². The van der Waals surface area contributed by atoms with Crippen LogP contribution >= 0.6 is 0 Å². The Morgan fingerprint density at radius 3 is 3.00 bits per heavy atom. The van der Waals surface area contributed by atoms with Crippen molar-refractivity contribution in [3.8, 4) is 0 Å². The predicted octanol–water partition coefficient (Wildman–Crippen LogP) is 2.30. The van der Waals surface area contributed by atoms with E-state index < -0.39 is 0 Å². The summed E-state index contributed by atoms with van der Waals surface area (Å²) in [6.07, 6.45) is 3.31. The van der Waals surface area contributed by atoms with E-state index in [9.17, 15) is 5.11 Å². The Balaban J connectivity index is 2.10. The lowest BCUT2D eigenvalue weighted by Gasteiger charge is -2.29. The van der Waals surface area contributed by atoms with E-state index in [2.05, 4.69) is 42.7 Å². The van der Waals surface area contributed by atoms with Crippen LogP contribution in [0.25, 0.3) is 0 Å². The van der Waals surface area contributed by atoms with Gasteiger partial charge in [0, 0.05) is 24.3 Å². The zero-order chi connectivity index (χ0) is 13.0. The number of aliphatic hydroxyl groups excluding tert-OH is 1. The molecule has 1 heterocycles. The smallest absolute Gasteiger partial charge is 0.0610 e. The van der Waals surface area contributed by atoms with Gasteiger partial charge >= 0.3 is 0 Å². The molecule has 1 aromatic carbocycles. The lowest BCUT2D eigenvalue weighted by atomic mass is 9.97. The van der Waals surface area contributed by atoms with Crippen LogP contribution in [0.15, 0.2) is 18.2 Å². The quantitative estimate of drug-likeness (QED) is 0.749. The van der Waals surface area contributed by atoms with Gasteiger partial charge < -0.3 is 15.7 Å². The van der Waals surface area contributed by atoms with Crippen molar-refractivity contribution in [2.24, 2.45) is 0 Å². The lowest BCUT2D eigenvalue weighted by Crippen LogP contribution is -2.44. The fourth-order valence-corrected chi connectivity index (χ4v) is 2.33. The molecule has 18 heavy (non-hydrogen) atoms. The zero-order valence-electron chi connectivity index (χ0n) is 11.4. The minimum absolute atomic E-state index is 0.173. The Kier molecular flexibility index (Phi) is 4.25. The highest BCUT2D eigenvalue weighted by Gasteiger charge is 2.21. The molecule has 1 atom stereocenters. The van der Waals surface area contributed by atoms with Crippen molar-refractivity contribution in [1.82, 2.24) is 5.32 Å². The molecule has 0 radical (unpaired) electrons. The van der Waals surface area contributed by atoms with Gasteiger partial charge in [0.05, 0.1) is 6.61 Å². The van der Waals surface area contributed by atoms with Gasteiger partial charge in [0.15, 0.2) is 0 Å². The van der Waals surface area contributed by atoms with E-state index >= 15 is 0 Å². The third-order valence-electron chi connectivity index (χ3n) is 4.00. The average molecular weight is 248 g/mol. The van der Waals surface area contributed by atoms with Gasteiger partial charge in [-0.05, 0) is 37.3 Å². The van der Waals surface area contributed by atoms with Crippen molar-refractivity contribution in [2.45, 2.75) is 45.2 Å². The van der Waals surface area contributed by atoms with Gasteiger partial charge in [-0.3, -0.25) is 0 Å². The lowest BCUT2D eigenvalue weighted by molar-refractivity contribution is 0.169. The molecule has 1 aromatic rings. The summed E-state index contributed by atoms with van der Waals surface area (Å²) in [4.78, 5) is 0. The van der Waals surface area contributed by atoms with E-state index in [-0.39, 0.29) is 12.1 Å². The van der Waals surface area contributed by atoms with Gasteiger partial charge in [-0.25, -0.2) is 0 Å². The van der Waals surface area contributed by atoms with Crippen LogP contribution in [-0.2, 0) is 13.0 Å². The molecule has 0 amide bonds. The van der Waals surface area contributed by atoms with Gasteiger partial charge in [-0.15, -0.1) is 0 Å². The largest absolute Gasteiger partial charge is 0.394 e. The zero-order valence-corrected chi connectivity index (χ0v) is 11.4. The van der Waals surface area contributed by atoms with Crippen LogP contribution in [0.3, 0.4) is 0 Å². The SMILES string of the molecule is CCC(C)(CO)NCc1cccc2c1NCCC2. The summed E-state index contributed by atoms with van der Waals surface area (Å²) < 4.78 is 0. The number of fused-ring (bicyclic) bond motifs is 1. The predicted molar refractivity (Wildman–Crippen MR) is 75.9 cm³/mol. The molecule has 1 aliphatic rings. The molecule has 0 saturated carbocycles. The summed E-state index contributed by atoms with van der Waals surface area (Å²) in [5.41, 5.74) is 3.84. The van der Waals surface area contributed by atoms with Crippen LogP contribution < -0.4 is 10.6 Å². The molecule has 0 fully saturated rings. The van der Waals surface area contributed by atoms with Crippen LogP contribution in [0.4, 0.5) is 5.69 Å². The van der Waals surface area contributed by atoms with Crippen molar-refractivity contribution in [1.29, 1.82) is 0 Å². The third kappa shape index (κ3) is 2.85. The molecule has 1 unspecified atom stereocenters. The van der Waals surface area contributed by atoms with Crippen LogP contribution in [-0.4, -0.2) is 23.8 Å². The second-order valence-electron chi connectivity index (χ2n) is 5.41. The number of nitrogens with one attached hydrogen (secondary N) is 2. The minimum Gasteiger partial charge on any atom is -0.394 e. The normalized spacial score (nSPS) is 17.7. The van der Waals surface area contributed by atoms with E-state index in [1.807, 2.05) is 0 Å². The highest BCUT2D eigenvalue weighted by atomic mass is 16.3. The third-order valence-corrected chi connectivity index (χ3v) is 4.00. The first-order chi connectivity index (χ1) is 8.68. The topological polar surface area (TPSA) is 44.3 Å². The van der Waals surface area contributed by atoms with Gasteiger partial charge in [0.2, 0.25) is 0 Å². The first-order valence-corrected chi connectivity index (χ1v) is 6.89. The van der Waals surface area contributed by atoms with E-state index in [0.29, 0.717) is 0 Å². The maximum Gasteiger partial charge on any atom is 0.0610 e. The molecule has 3 heteroatoms. The Morgan fingerprint density at radius 2 is 2.28 bits per heavy atom. The monoisotopic (exact) mass is 248 g/mol. The van der Waals surface area contributed by atoms with Crippen molar-refractivity contribution < 1.29 is 5.11 Å². The number of rotatable bonds is 5. The van der Waals surface area contributed by atoms with Crippen molar-refractivity contribution in [3.63, 3.8) is 0 Å². The molecule has 1 aliphatic heterocycles. The number of benzene rings is 1. The summed E-state index contributed by atoms with van der Waals surface area (Å²) in [7, 11) is 0. The van der Waals surface area contributed by atoms with E-state index in [1.54, 1.807) is 0 Å². The molecule has 3 nitrogen and oxygen atoms in total. The van der Waals surface area contributed by atoms with Crippen molar-refractivity contribution in [3.05, 3.63) is 29.3 Å². The van der Waals surface area contributed by atoms with Gasteiger partial charge in [0.1, 0.15) is 0 Å². The Labute approximate surface area is 110 Å². The van der Waals surface area contributed by atoms with Crippen molar-refractivity contribution in [2.75, 3.05) is 18.5 Å². The van der Waals surface area contributed by atoms with Crippen LogP contribution in [0.2, 0.25) is 0 Å². The highest BCUT2D eigenvalue weighted by molar-refractivity contribution is 5.59. The van der Waals surface area contributed by atoms with E-state index in [4.69, 9.17) is 0 Å². The minimum atomic E-state index is -0.183. The average Bonchev–Trinajstić information content (AvgIpc) is 2.44. The molecule has 0 spiro atoms. The second-order valence-corrected chi connectivity index (χ2v) is 5.41. The maximum atomic E-state index is 9.42. The van der Waals surface area contributed by atoms with Crippen LogP contribution in [0.1, 0.15) is 37.8 Å². The number of aryl methyl sites for hydroxylation is 1. The first-order valence-electron chi connectivity index (χ1n) is 6.89. The molecular weight excluding hydrogens is 224 g/mol. The maximum absolute atomic E-state index is 9.42. The van der Waals surface area contributed by atoms with Gasteiger partial charge in [-0.2, -0.15) is 0 Å². The summed E-state index contributed by atoms with van der Waals surface area (Å²) in [5, 5.41) is 16.4. The fourth-order valence-electron chi connectivity index (χ4n) is 2.33. The number of anilines is 1. The standard InChI is InChI=1S/C15H24N2O/c1-3-15(2,11-18)17-10-13-7-4-6-12-8-5-9-16-14(12)13/h4,6-7,16-18H,3,5,8-11H2,1-2H3. The van der Waals surface area contributed by atoms with Gasteiger partial charge in [-0.1, -0.05) is 25.1 Å². The molecule has 100 valence electrons. The number of aliphatic hydroxyl groups is 1. The molecule has 0 aliphatic carbocycles. The van der Waals surface area contributed by atoms with E-state index in [1.165, 1.54) is 29.7 Å².